The third kappa shape index (κ3) is 25.6. The zero-order chi connectivity index (χ0) is 56.9. The molecule has 0 fully saturated rings. The van der Waals surface area contributed by atoms with Crippen LogP contribution in [0.25, 0.3) is 0 Å². The van der Waals surface area contributed by atoms with Crippen molar-refractivity contribution >= 4 is 96.3 Å². The lowest BCUT2D eigenvalue weighted by atomic mass is 10.0. The number of rotatable bonds is 35. The van der Waals surface area contributed by atoms with E-state index in [1.165, 1.54) is 24.3 Å². The van der Waals surface area contributed by atoms with E-state index in [0.29, 0.717) is 5.56 Å². The van der Waals surface area contributed by atoms with Gasteiger partial charge in [-0.05, 0) is 55.7 Å². The number of hydrogen-bond acceptors (Lipinski definition) is 18. The average molecular weight is 1100 g/mol. The molecule has 30 nitrogen and oxygen atoms in total. The first kappa shape index (κ1) is 65.9. The summed E-state index contributed by atoms with van der Waals surface area (Å²) in [6, 6.07) is -8.53. The van der Waals surface area contributed by atoms with Gasteiger partial charge in [0.1, 0.15) is 54.1 Å². The second-order valence-electron chi connectivity index (χ2n) is 17.2. The Hall–Kier alpha value is -7.16. The fraction of sp³-hybridized carbons (Fsp3) is 0.581. The number of aliphatic hydroxyl groups is 2. The Kier molecular flexibility index (Phi) is 30.2. The van der Waals surface area contributed by atoms with E-state index >= 15 is 0 Å². The van der Waals surface area contributed by atoms with E-state index in [9.17, 15) is 68.4 Å². The number of carboxylic acids is 1. The first-order valence-electron chi connectivity index (χ1n) is 23.3. The summed E-state index contributed by atoms with van der Waals surface area (Å²) in [5, 5.41) is 58.1. The molecular weight excluding hydrogens is 1030 g/mol. The number of nitrogens with zero attached hydrogens (tertiary/aromatic N) is 2. The minimum Gasteiger partial charge on any atom is -0.508 e. The van der Waals surface area contributed by atoms with Gasteiger partial charge in [-0.15, -0.1) is 0 Å². The van der Waals surface area contributed by atoms with E-state index in [1.54, 1.807) is 13.8 Å². The van der Waals surface area contributed by atoms with Crippen molar-refractivity contribution in [3.8, 4) is 5.75 Å². The van der Waals surface area contributed by atoms with Crippen LogP contribution in [0.2, 0.25) is 0 Å². The van der Waals surface area contributed by atoms with Crippen LogP contribution in [0.3, 0.4) is 0 Å². The van der Waals surface area contributed by atoms with E-state index < -0.39 is 133 Å². The number of benzene rings is 1. The predicted molar refractivity (Wildman–Crippen MR) is 278 cm³/mol. The monoisotopic (exact) mass is 1100 g/mol. The number of carbonyl (C=O) groups excluding carboxylic acids is 9. The number of nitrogens with one attached hydrogen (secondary N) is 8. The highest BCUT2D eigenvalue weighted by Gasteiger charge is 2.35. The molecule has 1 aromatic rings. The number of aliphatic carboxylic acids is 1. The Morgan fingerprint density at radius 3 is 1.32 bits per heavy atom. The van der Waals surface area contributed by atoms with Gasteiger partial charge in [0.25, 0.3) is 0 Å². The number of primary amides is 1. The van der Waals surface area contributed by atoms with Gasteiger partial charge in [0.2, 0.25) is 53.2 Å². The number of phenols is 1. The highest BCUT2D eigenvalue weighted by molar-refractivity contribution is 7.80. The first-order chi connectivity index (χ1) is 35.3. The molecule has 0 unspecified atom stereocenters. The van der Waals surface area contributed by atoms with E-state index in [4.69, 9.17) is 34.4 Å². The summed E-state index contributed by atoms with van der Waals surface area (Å²) in [6.45, 7) is 1.38. The third-order valence-corrected chi connectivity index (χ3v) is 11.3. The summed E-state index contributed by atoms with van der Waals surface area (Å²) in [6.07, 6.45) is -1.57. The van der Waals surface area contributed by atoms with Crippen molar-refractivity contribution < 1.29 is 68.4 Å². The van der Waals surface area contributed by atoms with Gasteiger partial charge in [-0.2, -0.15) is 25.3 Å². The number of hydrogen-bond donors (Lipinski definition) is 20. The van der Waals surface area contributed by atoms with E-state index in [1.807, 2.05) is 0 Å². The minimum absolute atomic E-state index is 0.0280. The lowest BCUT2D eigenvalue weighted by molar-refractivity contribution is -0.142. The van der Waals surface area contributed by atoms with Crippen LogP contribution in [0, 0.1) is 5.92 Å². The number of thiol groups is 2. The summed E-state index contributed by atoms with van der Waals surface area (Å²) in [5.74, 6) is -12.3. The molecule has 0 bridgehead atoms. The largest absolute Gasteiger partial charge is 0.508 e. The summed E-state index contributed by atoms with van der Waals surface area (Å²) in [4.78, 5) is 140. The summed E-state index contributed by atoms with van der Waals surface area (Å²) >= 11 is 7.83. The zero-order valence-corrected chi connectivity index (χ0v) is 43.2. The van der Waals surface area contributed by atoms with Gasteiger partial charge in [0, 0.05) is 31.0 Å². The molecule has 9 atom stereocenters. The minimum atomic E-state index is -1.83. The van der Waals surface area contributed by atoms with Crippen molar-refractivity contribution in [3.05, 3.63) is 29.8 Å². The molecule has 0 spiro atoms. The van der Waals surface area contributed by atoms with Gasteiger partial charge in [-0.1, -0.05) is 26.0 Å². The number of carbonyl (C=O) groups is 10. The molecule has 0 saturated carbocycles. The van der Waals surface area contributed by atoms with Gasteiger partial charge in [0.15, 0.2) is 11.9 Å². The summed E-state index contributed by atoms with van der Waals surface area (Å²) < 4.78 is 0. The van der Waals surface area contributed by atoms with Crippen LogP contribution >= 0.6 is 25.3 Å². The molecule has 0 saturated heterocycles. The van der Waals surface area contributed by atoms with Crippen LogP contribution in [-0.4, -0.2) is 184 Å². The van der Waals surface area contributed by atoms with Crippen molar-refractivity contribution in [1.29, 1.82) is 0 Å². The fourth-order valence-corrected chi connectivity index (χ4v) is 6.99. The predicted octanol–water partition coefficient (Wildman–Crippen LogP) is -7.90. The standard InChI is InChI=1S/C43H72N16O14S2/c1-20(2)13-26(36(67)52-25(6-4-12-51-43(48)49)35(66)58-30(17-61)40(71)59-31(19-75)41(72)73)54-38(69)28(15-32(45)63)56-37(68)27(14-21-7-9-22(62)10-8-21)55-34(65)24(5-3-11-50-42(46)47)53-39(70)29(16-60)57-33(64)23(44)18-74/h7-10,20,23-31,60-62,74-75H,3-6,11-19,44H2,1-2H3,(H2,45,63)(H,52,67)(H,53,70)(H,54,69)(H,55,65)(H,56,68)(H,57,64)(H,58,66)(H,59,71)(H,72,73)(H4,46,47,50)(H4,48,49,51)/t23-,24-,25-,26-,27-,28-,29-,30-,31-/m0/s1. The van der Waals surface area contributed by atoms with Gasteiger partial charge in [-0.3, -0.25) is 53.1 Å². The molecular formula is C43H72N16O14S2. The molecule has 0 aliphatic carbocycles. The number of nitrogens with two attached hydrogens (primary N) is 6. The number of aromatic hydroxyl groups is 1. The normalized spacial score (nSPS) is 14.5. The molecule has 24 N–H and O–H groups in total. The average Bonchev–Trinajstić information content (AvgIpc) is 3.34. The Balaban J connectivity index is 3.64. The number of carboxylic acid groups (broad SMARTS) is 1. The topological polar surface area (TPSA) is 529 Å². The SMILES string of the molecule is CC(C)C[C@H](NC(=O)[C@H](CC(N)=O)NC(=O)[C@H](Cc1ccc(O)cc1)NC(=O)[C@H](CCCN=C(N)N)NC(=O)[C@H](CO)NC(=O)[C@@H](N)CS)C(=O)N[C@@H](CCCN=C(N)N)C(=O)N[C@@H](CO)C(=O)N[C@@H](CS)C(=O)O. The Bertz CT molecular complexity index is 2170. The van der Waals surface area contributed by atoms with Crippen molar-refractivity contribution in [2.75, 3.05) is 37.8 Å². The number of phenolic OH excluding ortho intramolecular Hbond substituents is 1. The molecule has 0 aliphatic rings. The maximum Gasteiger partial charge on any atom is 0.327 e. The number of guanidine groups is 2. The quantitative estimate of drug-likeness (QED) is 0.0130. The molecule has 420 valence electrons. The van der Waals surface area contributed by atoms with Crippen LogP contribution in [0.4, 0.5) is 0 Å². The number of aliphatic hydroxyl groups excluding tert-OH is 2. The van der Waals surface area contributed by atoms with Crippen LogP contribution in [-0.2, 0) is 54.4 Å². The molecule has 0 heterocycles. The van der Waals surface area contributed by atoms with Crippen molar-refractivity contribution in [2.24, 2.45) is 50.3 Å². The van der Waals surface area contributed by atoms with Gasteiger partial charge >= 0.3 is 5.97 Å². The molecule has 0 aliphatic heterocycles. The first-order valence-corrected chi connectivity index (χ1v) is 24.5. The fourth-order valence-electron chi connectivity index (χ4n) is 6.58. The van der Waals surface area contributed by atoms with Crippen molar-refractivity contribution in [1.82, 2.24) is 42.5 Å². The molecule has 32 heteroatoms. The van der Waals surface area contributed by atoms with E-state index in [0.717, 1.165) is 0 Å². The molecule has 1 aromatic carbocycles. The summed E-state index contributed by atoms with van der Waals surface area (Å²) in [7, 11) is 0. The summed E-state index contributed by atoms with van der Waals surface area (Å²) in [5.41, 5.74) is 33.2. The van der Waals surface area contributed by atoms with Gasteiger partial charge in [-0.25, -0.2) is 4.79 Å². The molecule has 0 radical (unpaired) electrons. The van der Waals surface area contributed by atoms with E-state index in [2.05, 4.69) is 77.8 Å². The number of aliphatic imine (C=N–C) groups is 2. The second-order valence-corrected chi connectivity index (χ2v) is 18.0. The molecule has 0 aromatic heterocycles. The van der Waals surface area contributed by atoms with Crippen molar-refractivity contribution in [2.45, 2.75) is 113 Å². The highest BCUT2D eigenvalue weighted by Crippen LogP contribution is 2.14. The lowest BCUT2D eigenvalue weighted by Crippen LogP contribution is -2.61. The van der Waals surface area contributed by atoms with Crippen LogP contribution in [0.15, 0.2) is 34.3 Å². The Morgan fingerprint density at radius 1 is 0.533 bits per heavy atom. The van der Waals surface area contributed by atoms with Crippen LogP contribution in [0.1, 0.15) is 57.9 Å². The Morgan fingerprint density at radius 2 is 0.907 bits per heavy atom. The van der Waals surface area contributed by atoms with Gasteiger partial charge in [0.05, 0.1) is 25.7 Å². The Labute approximate surface area is 442 Å². The van der Waals surface area contributed by atoms with Crippen LogP contribution in [0.5, 0.6) is 5.75 Å². The van der Waals surface area contributed by atoms with E-state index in [-0.39, 0.29) is 86.7 Å². The van der Waals surface area contributed by atoms with Gasteiger partial charge < -0.3 is 97.4 Å². The van der Waals surface area contributed by atoms with Crippen LogP contribution < -0.4 is 76.9 Å². The maximum absolute atomic E-state index is 14.3. The maximum atomic E-state index is 14.3. The van der Waals surface area contributed by atoms with Crippen molar-refractivity contribution in [3.63, 3.8) is 0 Å². The smallest absolute Gasteiger partial charge is 0.327 e. The molecule has 9 amide bonds. The zero-order valence-electron chi connectivity index (χ0n) is 41.4. The lowest BCUT2D eigenvalue weighted by Gasteiger charge is -2.28. The number of amides is 9. The highest BCUT2D eigenvalue weighted by atomic mass is 32.1. The molecule has 75 heavy (non-hydrogen) atoms. The third-order valence-electron chi connectivity index (χ3n) is 10.5. The second kappa shape index (κ2) is 34.4. The molecule has 1 rings (SSSR count).